The zero-order valence-electron chi connectivity index (χ0n) is 7.75. The molecule has 0 aliphatic carbocycles. The molecular weight excluding hydrogens is 218 g/mol. The smallest absolute Gasteiger partial charge is 0.154 e. The van der Waals surface area contributed by atoms with E-state index >= 15 is 0 Å². The fourth-order valence-electron chi connectivity index (χ4n) is 1.69. The fourth-order valence-corrected chi connectivity index (χ4v) is 2.80. The van der Waals surface area contributed by atoms with Crippen LogP contribution in [-0.2, 0) is 11.2 Å². The maximum absolute atomic E-state index is 11.8. The lowest BCUT2D eigenvalue weighted by Crippen LogP contribution is -2.31. The predicted octanol–water partition coefficient (Wildman–Crippen LogP) is 2.27. The number of hydrogen-bond donors (Lipinski definition) is 1. The lowest BCUT2D eigenvalue weighted by Gasteiger charge is -2.07. The molecule has 1 fully saturated rings. The zero-order chi connectivity index (χ0) is 9.97. The first-order chi connectivity index (χ1) is 6.77. The summed E-state index contributed by atoms with van der Waals surface area (Å²) >= 11 is 7.48. The molecule has 1 saturated heterocycles. The second-order valence-corrected chi connectivity index (χ2v) is 4.89. The van der Waals surface area contributed by atoms with Crippen LogP contribution >= 0.6 is 22.9 Å². The van der Waals surface area contributed by atoms with Crippen LogP contribution in [0.5, 0.6) is 0 Å². The molecule has 2 nitrogen and oxygen atoms in total. The van der Waals surface area contributed by atoms with Crippen molar-refractivity contribution in [3.05, 3.63) is 21.3 Å². The Morgan fingerprint density at radius 1 is 1.71 bits per heavy atom. The summed E-state index contributed by atoms with van der Waals surface area (Å²) in [6.45, 7) is 0.967. The molecule has 2 heterocycles. The average molecular weight is 230 g/mol. The standard InChI is InChI=1S/C10H12ClNOS/c11-7-3-5-14-10(7)6-9(13)8-2-1-4-12-8/h3,5,8,12H,1-2,4,6H2. The van der Waals surface area contributed by atoms with Gasteiger partial charge in [-0.2, -0.15) is 0 Å². The Hall–Kier alpha value is -0.380. The van der Waals surface area contributed by atoms with Crippen molar-refractivity contribution in [1.82, 2.24) is 5.32 Å². The summed E-state index contributed by atoms with van der Waals surface area (Å²) in [5, 5.41) is 5.85. The largest absolute Gasteiger partial charge is 0.307 e. The summed E-state index contributed by atoms with van der Waals surface area (Å²) in [5.41, 5.74) is 0. The van der Waals surface area contributed by atoms with Gasteiger partial charge in [-0.25, -0.2) is 0 Å². The number of hydrogen-bond acceptors (Lipinski definition) is 3. The molecule has 1 unspecified atom stereocenters. The third-order valence-electron chi connectivity index (χ3n) is 2.47. The van der Waals surface area contributed by atoms with Gasteiger partial charge in [0.15, 0.2) is 5.78 Å². The second kappa shape index (κ2) is 4.43. The van der Waals surface area contributed by atoms with Crippen LogP contribution in [0, 0.1) is 0 Å². The molecule has 1 aromatic rings. The third kappa shape index (κ3) is 2.16. The summed E-state index contributed by atoms with van der Waals surface area (Å²) in [5.74, 6) is 0.270. The molecule has 1 aromatic heterocycles. The molecule has 0 amide bonds. The highest BCUT2D eigenvalue weighted by Crippen LogP contribution is 2.23. The molecule has 1 aliphatic rings. The number of ketones is 1. The Balaban J connectivity index is 1.97. The first-order valence-electron chi connectivity index (χ1n) is 4.75. The number of halogens is 1. The van der Waals surface area contributed by atoms with Crippen LogP contribution in [0.3, 0.4) is 0 Å². The van der Waals surface area contributed by atoms with Crippen LogP contribution in [-0.4, -0.2) is 18.4 Å². The number of Topliss-reactive ketones (excluding diaryl/α,β-unsaturated/α-hetero) is 1. The molecule has 0 saturated carbocycles. The number of carbonyl (C=O) groups is 1. The van der Waals surface area contributed by atoms with Crippen LogP contribution < -0.4 is 5.32 Å². The Morgan fingerprint density at radius 3 is 3.14 bits per heavy atom. The Morgan fingerprint density at radius 2 is 2.57 bits per heavy atom. The number of nitrogens with one attached hydrogen (secondary N) is 1. The normalized spacial score (nSPS) is 21.4. The zero-order valence-corrected chi connectivity index (χ0v) is 9.33. The molecule has 76 valence electrons. The maximum atomic E-state index is 11.8. The van der Waals surface area contributed by atoms with Gasteiger partial charge in [-0.15, -0.1) is 11.3 Å². The number of carbonyl (C=O) groups excluding carboxylic acids is 1. The van der Waals surface area contributed by atoms with Crippen molar-refractivity contribution in [2.45, 2.75) is 25.3 Å². The molecule has 0 aromatic carbocycles. The number of thiophene rings is 1. The minimum absolute atomic E-state index is 0.0631. The number of rotatable bonds is 3. The summed E-state index contributed by atoms with van der Waals surface area (Å²) in [7, 11) is 0. The quantitative estimate of drug-likeness (QED) is 0.862. The van der Waals surface area contributed by atoms with E-state index in [0.29, 0.717) is 6.42 Å². The van der Waals surface area contributed by atoms with Crippen molar-refractivity contribution in [2.24, 2.45) is 0 Å². The van der Waals surface area contributed by atoms with Crippen molar-refractivity contribution in [1.29, 1.82) is 0 Å². The minimum atomic E-state index is 0.0631. The second-order valence-electron chi connectivity index (χ2n) is 3.48. The molecule has 14 heavy (non-hydrogen) atoms. The molecule has 1 N–H and O–H groups in total. The van der Waals surface area contributed by atoms with E-state index in [1.807, 2.05) is 11.4 Å². The van der Waals surface area contributed by atoms with Gasteiger partial charge >= 0.3 is 0 Å². The highest BCUT2D eigenvalue weighted by atomic mass is 35.5. The van der Waals surface area contributed by atoms with Gasteiger partial charge in [-0.3, -0.25) is 4.79 Å². The van der Waals surface area contributed by atoms with Gasteiger partial charge in [0, 0.05) is 11.3 Å². The molecule has 0 radical (unpaired) electrons. The first kappa shape index (κ1) is 10.1. The highest BCUT2D eigenvalue weighted by molar-refractivity contribution is 7.10. The maximum Gasteiger partial charge on any atom is 0.154 e. The predicted molar refractivity (Wildman–Crippen MR) is 59.1 cm³/mol. The molecule has 4 heteroatoms. The Bertz CT molecular complexity index is 331. The van der Waals surface area contributed by atoms with Gasteiger partial charge in [0.2, 0.25) is 0 Å². The topological polar surface area (TPSA) is 29.1 Å². The fraction of sp³-hybridized carbons (Fsp3) is 0.500. The monoisotopic (exact) mass is 229 g/mol. The highest BCUT2D eigenvalue weighted by Gasteiger charge is 2.22. The first-order valence-corrected chi connectivity index (χ1v) is 6.01. The van der Waals surface area contributed by atoms with E-state index in [0.717, 1.165) is 29.3 Å². The van der Waals surface area contributed by atoms with Gasteiger partial charge in [0.1, 0.15) is 0 Å². The van der Waals surface area contributed by atoms with Crippen LogP contribution in [0.25, 0.3) is 0 Å². The summed E-state index contributed by atoms with van der Waals surface area (Å²) in [6, 6.07) is 1.91. The summed E-state index contributed by atoms with van der Waals surface area (Å²) in [6.07, 6.45) is 2.56. The van der Waals surface area contributed by atoms with Crippen molar-refractivity contribution >= 4 is 28.7 Å². The van der Waals surface area contributed by atoms with Crippen molar-refractivity contribution in [3.63, 3.8) is 0 Å². The molecule has 1 atom stereocenters. The Kier molecular flexibility index (Phi) is 3.21. The molecule has 2 rings (SSSR count). The van der Waals surface area contributed by atoms with Gasteiger partial charge < -0.3 is 5.32 Å². The van der Waals surface area contributed by atoms with E-state index in [4.69, 9.17) is 11.6 Å². The van der Waals surface area contributed by atoms with Gasteiger partial charge in [0.25, 0.3) is 0 Å². The SMILES string of the molecule is O=C(Cc1sccc1Cl)C1CCCN1. The lowest BCUT2D eigenvalue weighted by molar-refractivity contribution is -0.120. The van der Waals surface area contributed by atoms with E-state index in [1.54, 1.807) is 11.3 Å². The van der Waals surface area contributed by atoms with Crippen molar-refractivity contribution < 1.29 is 4.79 Å². The van der Waals surface area contributed by atoms with E-state index < -0.39 is 0 Å². The molecular formula is C10H12ClNOS. The summed E-state index contributed by atoms with van der Waals surface area (Å²) in [4.78, 5) is 12.7. The Labute approximate surface area is 92.3 Å². The van der Waals surface area contributed by atoms with Crippen LogP contribution in [0.1, 0.15) is 17.7 Å². The van der Waals surface area contributed by atoms with E-state index in [9.17, 15) is 4.79 Å². The van der Waals surface area contributed by atoms with Crippen LogP contribution in [0.4, 0.5) is 0 Å². The minimum Gasteiger partial charge on any atom is -0.307 e. The third-order valence-corrected chi connectivity index (χ3v) is 3.86. The molecule has 0 spiro atoms. The van der Waals surface area contributed by atoms with Crippen molar-refractivity contribution in [3.8, 4) is 0 Å². The summed E-state index contributed by atoms with van der Waals surface area (Å²) < 4.78 is 0. The average Bonchev–Trinajstić information content (AvgIpc) is 2.77. The molecule has 1 aliphatic heterocycles. The van der Waals surface area contributed by atoms with Crippen LogP contribution in [0.15, 0.2) is 11.4 Å². The van der Waals surface area contributed by atoms with Gasteiger partial charge in [-0.1, -0.05) is 11.6 Å². The van der Waals surface area contributed by atoms with E-state index in [2.05, 4.69) is 5.32 Å². The van der Waals surface area contributed by atoms with Crippen molar-refractivity contribution in [2.75, 3.05) is 6.54 Å². The lowest BCUT2D eigenvalue weighted by atomic mass is 10.1. The van der Waals surface area contributed by atoms with Crippen LogP contribution in [0.2, 0.25) is 5.02 Å². The van der Waals surface area contributed by atoms with Gasteiger partial charge in [-0.05, 0) is 30.8 Å². The van der Waals surface area contributed by atoms with E-state index in [-0.39, 0.29) is 11.8 Å². The van der Waals surface area contributed by atoms with Gasteiger partial charge in [0.05, 0.1) is 11.1 Å². The molecule has 0 bridgehead atoms. The van der Waals surface area contributed by atoms with E-state index in [1.165, 1.54) is 0 Å².